The van der Waals surface area contributed by atoms with Crippen LogP contribution in [-0.4, -0.2) is 10.8 Å². The van der Waals surface area contributed by atoms with Crippen LogP contribution in [-0.2, 0) is 11.2 Å². The van der Waals surface area contributed by atoms with Crippen LogP contribution in [0.5, 0.6) is 0 Å². The maximum absolute atomic E-state index is 11.1. The molecule has 98 valence electrons. The Morgan fingerprint density at radius 2 is 1.75 bits per heavy atom. The van der Waals surface area contributed by atoms with Gasteiger partial charge in [0.15, 0.2) is 0 Å². The molecule has 0 amide bonds. The van der Waals surface area contributed by atoms with E-state index in [2.05, 4.69) is 35.3 Å². The molecule has 0 bridgehead atoms. The molecule has 0 aliphatic rings. The van der Waals surface area contributed by atoms with Crippen molar-refractivity contribution in [1.82, 2.24) is 4.98 Å². The van der Waals surface area contributed by atoms with Crippen molar-refractivity contribution in [1.29, 1.82) is 0 Å². The Morgan fingerprint density at radius 1 is 1.00 bits per heavy atom. The summed E-state index contributed by atoms with van der Waals surface area (Å²) in [4.78, 5) is 15.4. The van der Waals surface area contributed by atoms with Crippen LogP contribution in [0, 0.1) is 0 Å². The maximum Gasteiger partial charge on any atom is 0.134 e. The zero-order valence-electron chi connectivity index (χ0n) is 11.3. The average molecular weight is 261 g/mol. The molecule has 1 heterocycles. The third kappa shape index (κ3) is 2.59. The van der Waals surface area contributed by atoms with Crippen molar-refractivity contribution in [2.45, 2.75) is 13.3 Å². The predicted octanol–water partition coefficient (Wildman–Crippen LogP) is 4.03. The molecule has 3 aromatic rings. The normalized spacial score (nSPS) is 10.7. The number of hydrogen-bond donors (Lipinski definition) is 0. The third-order valence-corrected chi connectivity index (χ3v) is 3.34. The Morgan fingerprint density at radius 3 is 2.50 bits per heavy atom. The Labute approximate surface area is 118 Å². The van der Waals surface area contributed by atoms with Crippen molar-refractivity contribution >= 4 is 16.7 Å². The molecule has 0 unspecified atom stereocenters. The highest BCUT2D eigenvalue weighted by atomic mass is 16.1. The van der Waals surface area contributed by atoms with Gasteiger partial charge in [-0.2, -0.15) is 0 Å². The number of ketones is 1. The lowest BCUT2D eigenvalue weighted by Crippen LogP contribution is -1.95. The number of fused-ring (bicyclic) bond motifs is 1. The van der Waals surface area contributed by atoms with E-state index in [0.717, 1.165) is 22.0 Å². The van der Waals surface area contributed by atoms with Crippen LogP contribution in [0.15, 0.2) is 60.8 Å². The molecule has 0 atom stereocenters. The van der Waals surface area contributed by atoms with E-state index in [-0.39, 0.29) is 5.78 Å². The Hall–Kier alpha value is -2.48. The first-order chi connectivity index (χ1) is 9.72. The van der Waals surface area contributed by atoms with Crippen molar-refractivity contribution in [2.24, 2.45) is 0 Å². The molecular formula is C18H15NO. The number of hydrogen-bond acceptors (Lipinski definition) is 2. The van der Waals surface area contributed by atoms with E-state index in [1.807, 2.05) is 24.3 Å². The molecule has 2 nitrogen and oxygen atoms in total. The number of nitrogens with zero attached hydrogens (tertiary/aromatic N) is 1. The summed E-state index contributed by atoms with van der Waals surface area (Å²) in [5, 5.41) is 1.14. The molecule has 1 aromatic heterocycles. The summed E-state index contributed by atoms with van der Waals surface area (Å²) in [6, 6.07) is 18.4. The van der Waals surface area contributed by atoms with E-state index in [1.165, 1.54) is 5.56 Å². The number of carbonyl (C=O) groups is 1. The molecule has 0 radical (unpaired) electrons. The molecule has 0 saturated carbocycles. The van der Waals surface area contributed by atoms with Crippen molar-refractivity contribution in [3.05, 3.63) is 66.4 Å². The lowest BCUT2D eigenvalue weighted by atomic mass is 10.0. The van der Waals surface area contributed by atoms with Crippen molar-refractivity contribution < 1.29 is 4.79 Å². The van der Waals surface area contributed by atoms with Crippen LogP contribution in [0.4, 0.5) is 0 Å². The Bertz CT molecular complexity index is 760. The summed E-state index contributed by atoms with van der Waals surface area (Å²) >= 11 is 0. The zero-order chi connectivity index (χ0) is 13.9. The summed E-state index contributed by atoms with van der Waals surface area (Å²) in [6.45, 7) is 1.62. The fourth-order valence-electron chi connectivity index (χ4n) is 2.36. The van der Waals surface area contributed by atoms with E-state index in [0.29, 0.717) is 6.42 Å². The third-order valence-electron chi connectivity index (χ3n) is 3.34. The SMILES string of the molecule is CC(=O)Cc1ccc(-c2ccc3ncccc3c2)cc1. The van der Waals surface area contributed by atoms with E-state index < -0.39 is 0 Å². The zero-order valence-corrected chi connectivity index (χ0v) is 11.3. The second kappa shape index (κ2) is 5.25. The minimum absolute atomic E-state index is 0.189. The summed E-state index contributed by atoms with van der Waals surface area (Å²) < 4.78 is 0. The van der Waals surface area contributed by atoms with Crippen LogP contribution in [0.2, 0.25) is 0 Å². The molecule has 20 heavy (non-hydrogen) atoms. The van der Waals surface area contributed by atoms with Crippen LogP contribution >= 0.6 is 0 Å². The Balaban J connectivity index is 1.96. The van der Waals surface area contributed by atoms with E-state index >= 15 is 0 Å². The molecular weight excluding hydrogens is 246 g/mol. The first-order valence-electron chi connectivity index (χ1n) is 6.66. The second-order valence-corrected chi connectivity index (χ2v) is 4.99. The predicted molar refractivity (Wildman–Crippen MR) is 81.6 cm³/mol. The van der Waals surface area contributed by atoms with Gasteiger partial charge in [0.1, 0.15) is 5.78 Å². The van der Waals surface area contributed by atoms with Gasteiger partial charge in [-0.15, -0.1) is 0 Å². The van der Waals surface area contributed by atoms with Gasteiger partial charge in [-0.05, 0) is 41.8 Å². The molecule has 0 saturated heterocycles. The van der Waals surface area contributed by atoms with Crippen molar-refractivity contribution in [3.63, 3.8) is 0 Å². The largest absolute Gasteiger partial charge is 0.300 e. The summed E-state index contributed by atoms with van der Waals surface area (Å²) in [7, 11) is 0. The van der Waals surface area contributed by atoms with Crippen LogP contribution in [0.3, 0.4) is 0 Å². The fraction of sp³-hybridized carbons (Fsp3) is 0.111. The van der Waals surface area contributed by atoms with Crippen molar-refractivity contribution in [2.75, 3.05) is 0 Å². The lowest BCUT2D eigenvalue weighted by Gasteiger charge is -2.05. The Kier molecular flexibility index (Phi) is 3.30. The quantitative estimate of drug-likeness (QED) is 0.712. The highest BCUT2D eigenvalue weighted by molar-refractivity contribution is 5.84. The van der Waals surface area contributed by atoms with E-state index in [4.69, 9.17) is 0 Å². The average Bonchev–Trinajstić information content (AvgIpc) is 2.47. The minimum atomic E-state index is 0.189. The highest BCUT2D eigenvalue weighted by Gasteiger charge is 2.02. The van der Waals surface area contributed by atoms with Gasteiger partial charge in [-0.3, -0.25) is 9.78 Å². The topological polar surface area (TPSA) is 30.0 Å². The van der Waals surface area contributed by atoms with Crippen LogP contribution in [0.1, 0.15) is 12.5 Å². The number of Topliss-reactive ketones (excluding diaryl/α,β-unsaturated/α-hetero) is 1. The molecule has 3 rings (SSSR count). The molecule has 0 aliphatic heterocycles. The highest BCUT2D eigenvalue weighted by Crippen LogP contribution is 2.23. The van der Waals surface area contributed by atoms with Gasteiger partial charge in [-0.1, -0.05) is 36.4 Å². The number of carbonyl (C=O) groups excluding carboxylic acids is 1. The first kappa shape index (κ1) is 12.5. The van der Waals surface area contributed by atoms with Crippen LogP contribution in [0.25, 0.3) is 22.0 Å². The van der Waals surface area contributed by atoms with Gasteiger partial charge < -0.3 is 0 Å². The van der Waals surface area contributed by atoms with Gasteiger partial charge in [0, 0.05) is 18.0 Å². The van der Waals surface area contributed by atoms with Crippen LogP contribution < -0.4 is 0 Å². The standard InChI is InChI=1S/C18H15NO/c1-13(20)11-14-4-6-15(7-5-14)16-8-9-18-17(12-16)3-2-10-19-18/h2-10,12H,11H2,1H3. The smallest absolute Gasteiger partial charge is 0.134 e. The molecule has 0 N–H and O–H groups in total. The fourth-order valence-corrected chi connectivity index (χ4v) is 2.36. The minimum Gasteiger partial charge on any atom is -0.300 e. The monoisotopic (exact) mass is 261 g/mol. The maximum atomic E-state index is 11.1. The van der Waals surface area contributed by atoms with E-state index in [1.54, 1.807) is 13.1 Å². The second-order valence-electron chi connectivity index (χ2n) is 4.99. The van der Waals surface area contributed by atoms with Gasteiger partial charge in [0.25, 0.3) is 0 Å². The molecule has 0 fully saturated rings. The number of rotatable bonds is 3. The van der Waals surface area contributed by atoms with Crippen molar-refractivity contribution in [3.8, 4) is 11.1 Å². The van der Waals surface area contributed by atoms with Gasteiger partial charge in [-0.25, -0.2) is 0 Å². The first-order valence-corrected chi connectivity index (χ1v) is 6.66. The van der Waals surface area contributed by atoms with Gasteiger partial charge in [0.2, 0.25) is 0 Å². The molecule has 0 spiro atoms. The number of benzene rings is 2. The summed E-state index contributed by atoms with van der Waals surface area (Å²) in [5.74, 6) is 0.189. The van der Waals surface area contributed by atoms with Gasteiger partial charge in [0.05, 0.1) is 5.52 Å². The number of aromatic nitrogens is 1. The summed E-state index contributed by atoms with van der Waals surface area (Å²) in [5.41, 5.74) is 4.39. The molecule has 0 aliphatic carbocycles. The summed E-state index contributed by atoms with van der Waals surface area (Å²) in [6.07, 6.45) is 2.31. The van der Waals surface area contributed by atoms with Gasteiger partial charge >= 0.3 is 0 Å². The van der Waals surface area contributed by atoms with E-state index in [9.17, 15) is 4.79 Å². The number of pyridine rings is 1. The molecule has 2 heteroatoms. The lowest BCUT2D eigenvalue weighted by molar-refractivity contribution is -0.116. The molecule has 2 aromatic carbocycles.